The summed E-state index contributed by atoms with van der Waals surface area (Å²) in [4.78, 5) is 48.7. The third-order valence-electron chi connectivity index (χ3n) is 4.25. The van der Waals surface area contributed by atoms with Gasteiger partial charge in [0, 0.05) is 12.5 Å². The van der Waals surface area contributed by atoms with Crippen molar-refractivity contribution in [3.63, 3.8) is 0 Å². The average molecular weight is 460 g/mol. The van der Waals surface area contributed by atoms with Gasteiger partial charge in [0.05, 0.1) is 4.75 Å². The molecule has 0 unspecified atom stereocenters. The van der Waals surface area contributed by atoms with Gasteiger partial charge in [-0.25, -0.2) is 9.59 Å². The summed E-state index contributed by atoms with van der Waals surface area (Å²) in [6.45, 7) is 3.85. The van der Waals surface area contributed by atoms with Gasteiger partial charge in [0.25, 0.3) is 5.91 Å². The van der Waals surface area contributed by atoms with Crippen molar-refractivity contribution in [2.45, 2.75) is 38.2 Å². The first kappa shape index (κ1) is 24.9. The van der Waals surface area contributed by atoms with Crippen molar-refractivity contribution < 1.29 is 33.4 Å². The van der Waals surface area contributed by atoms with Crippen LogP contribution in [0.15, 0.2) is 60.7 Å². The van der Waals surface area contributed by atoms with Crippen LogP contribution >= 0.6 is 11.8 Å². The first-order chi connectivity index (χ1) is 15.2. The second-order valence-corrected chi connectivity index (χ2v) is 8.81. The highest BCUT2D eigenvalue weighted by molar-refractivity contribution is 8.14. The summed E-state index contributed by atoms with van der Waals surface area (Å²) in [5, 5.41) is 1.89. The van der Waals surface area contributed by atoms with Crippen molar-refractivity contribution >= 4 is 34.9 Å². The van der Waals surface area contributed by atoms with Crippen molar-refractivity contribution in [3.8, 4) is 0 Å². The van der Waals surface area contributed by atoms with Gasteiger partial charge < -0.3 is 19.5 Å². The van der Waals surface area contributed by atoms with Crippen LogP contribution in [-0.2, 0) is 30.4 Å². The van der Waals surface area contributed by atoms with Crippen LogP contribution in [-0.4, -0.2) is 40.7 Å². The Morgan fingerprint density at radius 2 is 1.50 bits per heavy atom. The largest absolute Gasteiger partial charge is 0.459 e. The van der Waals surface area contributed by atoms with Crippen LogP contribution in [0.25, 0.3) is 0 Å². The van der Waals surface area contributed by atoms with Gasteiger partial charge in [-0.2, -0.15) is 0 Å². The van der Waals surface area contributed by atoms with E-state index in [9.17, 15) is 19.2 Å². The molecule has 2 aromatic carbocycles. The molecule has 32 heavy (non-hydrogen) atoms. The number of rotatable bonds is 9. The lowest BCUT2D eigenvalue weighted by Gasteiger charge is -2.31. The van der Waals surface area contributed by atoms with E-state index in [0.717, 1.165) is 5.56 Å². The lowest BCUT2D eigenvalue weighted by Crippen LogP contribution is -2.53. The van der Waals surface area contributed by atoms with Crippen LogP contribution in [0.1, 0.15) is 36.7 Å². The molecule has 0 aliphatic carbocycles. The molecule has 0 spiro atoms. The van der Waals surface area contributed by atoms with E-state index in [1.54, 1.807) is 56.3 Å². The zero-order chi connectivity index (χ0) is 23.6. The minimum absolute atomic E-state index is 0.00895. The Balaban J connectivity index is 2.13. The van der Waals surface area contributed by atoms with Crippen molar-refractivity contribution in [2.75, 3.05) is 6.79 Å². The molecule has 170 valence electrons. The molecular weight excluding hydrogens is 434 g/mol. The van der Waals surface area contributed by atoms with E-state index in [-0.39, 0.29) is 6.61 Å². The molecule has 0 aromatic heterocycles. The summed E-state index contributed by atoms with van der Waals surface area (Å²) in [5.74, 6) is -1.79. The smallest absolute Gasteiger partial charge is 0.370 e. The maximum absolute atomic E-state index is 12.9. The maximum atomic E-state index is 12.9. The molecule has 1 N–H and O–H groups in total. The summed E-state index contributed by atoms with van der Waals surface area (Å²) in [5.41, 5.74) is 1.13. The van der Waals surface area contributed by atoms with E-state index in [1.165, 1.54) is 6.92 Å². The lowest BCUT2D eigenvalue weighted by atomic mass is 10.0. The third kappa shape index (κ3) is 8.07. The second kappa shape index (κ2) is 11.9. The number of benzene rings is 2. The van der Waals surface area contributed by atoms with Gasteiger partial charge in [-0.1, -0.05) is 48.5 Å². The molecule has 9 heteroatoms. The molecule has 0 fully saturated rings. The van der Waals surface area contributed by atoms with Crippen LogP contribution in [0, 0.1) is 0 Å². The molecule has 0 radical (unpaired) electrons. The van der Waals surface area contributed by atoms with Gasteiger partial charge in [-0.3, -0.25) is 9.59 Å². The standard InChI is InChI=1S/C23H25NO7S/c1-16(25)30-15-31-22(28)32-23(2,3)19(24-20(26)18-12-8-5-9-13-18)21(27)29-14-17-10-6-4-7-11-17/h4-13,19H,14-15H2,1-3H3,(H,24,26)/t19-/m0/s1. The summed E-state index contributed by atoms with van der Waals surface area (Å²) < 4.78 is 13.7. The van der Waals surface area contributed by atoms with Crippen LogP contribution in [0.5, 0.6) is 0 Å². The minimum Gasteiger partial charge on any atom is -0.459 e. The van der Waals surface area contributed by atoms with Crippen molar-refractivity contribution in [2.24, 2.45) is 0 Å². The molecule has 0 saturated heterocycles. The van der Waals surface area contributed by atoms with Crippen molar-refractivity contribution in [3.05, 3.63) is 71.8 Å². The van der Waals surface area contributed by atoms with Gasteiger partial charge in [-0.15, -0.1) is 0 Å². The number of carbonyl (C=O) groups is 4. The van der Waals surface area contributed by atoms with E-state index in [1.807, 2.05) is 18.2 Å². The van der Waals surface area contributed by atoms with Gasteiger partial charge in [-0.05, 0) is 43.3 Å². The predicted octanol–water partition coefficient (Wildman–Crippen LogP) is 3.70. The highest BCUT2D eigenvalue weighted by atomic mass is 32.2. The number of carbonyl (C=O) groups excluding carboxylic acids is 4. The molecule has 1 amide bonds. The summed E-state index contributed by atoms with van der Waals surface area (Å²) in [6.07, 6.45) is 0. The summed E-state index contributed by atoms with van der Waals surface area (Å²) >= 11 is 0.681. The lowest BCUT2D eigenvalue weighted by molar-refractivity contribution is -0.149. The van der Waals surface area contributed by atoms with Gasteiger partial charge in [0.1, 0.15) is 12.6 Å². The Bertz CT molecular complexity index is 932. The van der Waals surface area contributed by atoms with E-state index >= 15 is 0 Å². The number of ether oxygens (including phenoxy) is 3. The molecule has 0 heterocycles. The molecule has 0 aliphatic heterocycles. The second-order valence-electron chi connectivity index (χ2n) is 7.22. The number of amides is 1. The topological polar surface area (TPSA) is 108 Å². The van der Waals surface area contributed by atoms with E-state index in [2.05, 4.69) is 10.1 Å². The average Bonchev–Trinajstić information content (AvgIpc) is 2.76. The third-order valence-corrected chi connectivity index (χ3v) is 5.30. The number of thioether (sulfide) groups is 1. The molecule has 2 aromatic rings. The molecule has 1 atom stereocenters. The van der Waals surface area contributed by atoms with Crippen molar-refractivity contribution in [1.82, 2.24) is 5.32 Å². The van der Waals surface area contributed by atoms with E-state index in [0.29, 0.717) is 17.3 Å². The first-order valence-electron chi connectivity index (χ1n) is 9.74. The summed E-state index contributed by atoms with van der Waals surface area (Å²) in [7, 11) is 0. The molecule has 0 saturated carbocycles. The monoisotopic (exact) mass is 459 g/mol. The van der Waals surface area contributed by atoms with Gasteiger partial charge in [0.15, 0.2) is 0 Å². The Kier molecular flexibility index (Phi) is 9.27. The number of hydrogen-bond acceptors (Lipinski definition) is 8. The SMILES string of the molecule is CC(=O)OCOC(=O)SC(C)(C)[C@@H](NC(=O)c1ccccc1)C(=O)OCc1ccccc1. The molecular formula is C23H25NO7S. The Morgan fingerprint density at radius 3 is 2.09 bits per heavy atom. The Morgan fingerprint density at radius 1 is 0.906 bits per heavy atom. The number of esters is 2. The number of hydrogen-bond donors (Lipinski definition) is 1. The minimum atomic E-state index is -1.18. The highest BCUT2D eigenvalue weighted by Gasteiger charge is 2.41. The van der Waals surface area contributed by atoms with E-state index in [4.69, 9.17) is 9.47 Å². The van der Waals surface area contributed by atoms with E-state index < -0.39 is 40.7 Å². The van der Waals surface area contributed by atoms with Gasteiger partial charge >= 0.3 is 17.2 Å². The Hall–Kier alpha value is -3.33. The number of nitrogens with one attached hydrogen (secondary N) is 1. The fraction of sp³-hybridized carbons (Fsp3) is 0.304. The van der Waals surface area contributed by atoms with Crippen LogP contribution in [0.3, 0.4) is 0 Å². The quantitative estimate of drug-likeness (QED) is 0.447. The first-order valence-corrected chi connectivity index (χ1v) is 10.6. The molecule has 2 rings (SSSR count). The normalized spacial score (nSPS) is 11.7. The van der Waals surface area contributed by atoms with Crippen LogP contribution in [0.2, 0.25) is 0 Å². The summed E-state index contributed by atoms with van der Waals surface area (Å²) in [6, 6.07) is 16.3. The van der Waals surface area contributed by atoms with Crippen LogP contribution in [0.4, 0.5) is 4.79 Å². The fourth-order valence-electron chi connectivity index (χ4n) is 2.60. The van der Waals surface area contributed by atoms with Gasteiger partial charge in [0.2, 0.25) is 6.79 Å². The molecule has 8 nitrogen and oxygen atoms in total. The zero-order valence-electron chi connectivity index (χ0n) is 18.0. The molecule has 0 aliphatic rings. The highest BCUT2D eigenvalue weighted by Crippen LogP contribution is 2.31. The van der Waals surface area contributed by atoms with Crippen molar-refractivity contribution in [1.29, 1.82) is 0 Å². The zero-order valence-corrected chi connectivity index (χ0v) is 18.8. The maximum Gasteiger partial charge on any atom is 0.370 e. The van der Waals surface area contributed by atoms with Crippen LogP contribution < -0.4 is 5.32 Å². The predicted molar refractivity (Wildman–Crippen MR) is 119 cm³/mol. The Labute approximate surface area is 190 Å². The fourth-order valence-corrected chi connectivity index (χ4v) is 3.41. The molecule has 0 bridgehead atoms.